The molecule has 1 N–H and O–H groups in total. The molecule has 41 heavy (non-hydrogen) atoms. The quantitative estimate of drug-likeness (QED) is 0.286. The van der Waals surface area contributed by atoms with E-state index >= 15 is 0 Å². The highest BCUT2D eigenvalue weighted by molar-refractivity contribution is 6.27. The lowest BCUT2D eigenvalue weighted by Gasteiger charge is -2.37. The smallest absolute Gasteiger partial charge is 0.368 e. The fraction of sp³-hybridized carbons (Fsp3) is 0.429. The number of halogens is 8. The second-order valence-corrected chi connectivity index (χ2v) is 10.5. The normalized spacial score (nSPS) is 23.7. The number of fused-ring (bicyclic) bond motifs is 1. The van der Waals surface area contributed by atoms with Gasteiger partial charge in [-0.3, -0.25) is 9.59 Å². The number of nitrogens with one attached hydrogen (secondary N) is 1. The van der Waals surface area contributed by atoms with Crippen LogP contribution in [0, 0.1) is 11.7 Å². The highest BCUT2D eigenvalue weighted by atomic mass is 35.5. The fourth-order valence-electron chi connectivity index (χ4n) is 5.53. The minimum Gasteiger partial charge on any atom is -0.368 e. The summed E-state index contributed by atoms with van der Waals surface area (Å²) in [4.78, 5) is 26.5. The summed E-state index contributed by atoms with van der Waals surface area (Å²) in [5.41, 5.74) is -2.40. The minimum atomic E-state index is -5.02. The van der Waals surface area contributed by atoms with Crippen LogP contribution in [0.1, 0.15) is 54.0 Å². The lowest BCUT2D eigenvalue weighted by molar-refractivity contribution is -0.143. The molecule has 5 atom stereocenters. The van der Waals surface area contributed by atoms with Gasteiger partial charge in [0.05, 0.1) is 23.3 Å². The number of hydrogen-bond donors (Lipinski definition) is 1. The summed E-state index contributed by atoms with van der Waals surface area (Å²) >= 11 is 5.56. The first-order chi connectivity index (χ1) is 19.1. The number of hydrogen-bond acceptors (Lipinski definition) is 3. The molecular weight excluding hydrogens is 581 g/mol. The van der Waals surface area contributed by atoms with Gasteiger partial charge in [-0.05, 0) is 54.8 Å². The van der Waals surface area contributed by atoms with E-state index in [0.29, 0.717) is 29.8 Å². The number of rotatable bonds is 7. The zero-order chi connectivity index (χ0) is 30.3. The van der Waals surface area contributed by atoms with Crippen LogP contribution in [0.3, 0.4) is 0 Å². The van der Waals surface area contributed by atoms with E-state index in [1.165, 1.54) is 31.2 Å². The summed E-state index contributed by atoms with van der Waals surface area (Å²) in [7, 11) is 0. The van der Waals surface area contributed by atoms with Crippen LogP contribution in [-0.2, 0) is 26.7 Å². The van der Waals surface area contributed by atoms with Gasteiger partial charge >= 0.3 is 12.4 Å². The van der Waals surface area contributed by atoms with Crippen molar-refractivity contribution in [2.24, 2.45) is 5.92 Å². The van der Waals surface area contributed by atoms with Crippen LogP contribution in [0.5, 0.6) is 0 Å². The van der Waals surface area contributed by atoms with Crippen molar-refractivity contribution in [3.05, 3.63) is 82.8 Å². The Balaban J connectivity index is 1.67. The standard InChI is InChI=1S/C28H26ClF7N2O3/c1-14(37-24(39)12-29)17-9-22-26(16-3-5-21(30)6-4-16)23(13-38(22)25(40)10-17)41-15(2)18-7-19(27(31,32)33)11-20(8-18)28(34,35)36/h3-8,11,15,17,22-23,26H,1,9-10,12-13H2,2H3,(H,37,39)/t15-,17?,22+,23+,26+/m1/s1. The zero-order valence-corrected chi connectivity index (χ0v) is 22.4. The first-order valence-electron chi connectivity index (χ1n) is 12.6. The molecule has 13 heteroatoms. The predicted molar refractivity (Wildman–Crippen MR) is 135 cm³/mol. The lowest BCUT2D eigenvalue weighted by atomic mass is 9.80. The Morgan fingerprint density at radius 3 is 2.22 bits per heavy atom. The van der Waals surface area contributed by atoms with E-state index in [4.69, 9.17) is 16.3 Å². The molecule has 2 aliphatic rings. The van der Waals surface area contributed by atoms with Crippen LogP contribution in [-0.4, -0.2) is 41.3 Å². The van der Waals surface area contributed by atoms with Gasteiger partial charge < -0.3 is 15.0 Å². The third-order valence-electron chi connectivity index (χ3n) is 7.49. The first-order valence-corrected chi connectivity index (χ1v) is 13.2. The highest BCUT2D eigenvalue weighted by Crippen LogP contribution is 2.45. The number of allylic oxidation sites excluding steroid dienone is 1. The second-order valence-electron chi connectivity index (χ2n) is 10.2. The zero-order valence-electron chi connectivity index (χ0n) is 21.7. The largest absolute Gasteiger partial charge is 0.416 e. The van der Waals surface area contributed by atoms with Gasteiger partial charge in [-0.2, -0.15) is 26.3 Å². The molecule has 0 radical (unpaired) electrons. The van der Waals surface area contributed by atoms with Gasteiger partial charge in [-0.1, -0.05) is 18.7 Å². The van der Waals surface area contributed by atoms with Gasteiger partial charge in [0.25, 0.3) is 0 Å². The topological polar surface area (TPSA) is 58.6 Å². The maximum atomic E-state index is 13.7. The molecule has 2 fully saturated rings. The van der Waals surface area contributed by atoms with Crippen LogP contribution in [0.25, 0.3) is 0 Å². The van der Waals surface area contributed by atoms with E-state index in [-0.39, 0.29) is 36.4 Å². The SMILES string of the molecule is C=C(NC(=O)CCl)C1CC(=O)N2C[C@H](O[C@H](C)c3cc(C(F)(F)F)cc(C(F)(F)F)c3)[C@@H](c3ccc(F)cc3)[C@@H]2C1. The number of nitrogens with zero attached hydrogens (tertiary/aromatic N) is 1. The van der Waals surface area contributed by atoms with E-state index in [1.54, 1.807) is 4.90 Å². The number of benzene rings is 2. The molecule has 0 aromatic heterocycles. The Morgan fingerprint density at radius 1 is 1.10 bits per heavy atom. The molecule has 0 aliphatic carbocycles. The summed E-state index contributed by atoms with van der Waals surface area (Å²) < 4.78 is 101. The van der Waals surface area contributed by atoms with Crippen molar-refractivity contribution in [3.8, 4) is 0 Å². The van der Waals surface area contributed by atoms with Gasteiger partial charge in [0, 0.05) is 36.5 Å². The molecule has 2 saturated heterocycles. The lowest BCUT2D eigenvalue weighted by Crippen LogP contribution is -2.45. The predicted octanol–water partition coefficient (Wildman–Crippen LogP) is 6.58. The third kappa shape index (κ3) is 6.86. The number of alkyl halides is 7. The van der Waals surface area contributed by atoms with Crippen LogP contribution >= 0.6 is 11.6 Å². The molecule has 222 valence electrons. The molecule has 2 aromatic rings. The Morgan fingerprint density at radius 2 is 1.68 bits per heavy atom. The molecule has 2 heterocycles. The van der Waals surface area contributed by atoms with Gasteiger partial charge in [0.15, 0.2) is 0 Å². The molecule has 5 nitrogen and oxygen atoms in total. The highest BCUT2D eigenvalue weighted by Gasteiger charge is 2.50. The van der Waals surface area contributed by atoms with E-state index in [1.807, 2.05) is 0 Å². The van der Waals surface area contributed by atoms with E-state index in [2.05, 4.69) is 11.9 Å². The number of carbonyl (C=O) groups is 2. The second kappa shape index (κ2) is 11.6. The van der Waals surface area contributed by atoms with Crippen LogP contribution in [0.4, 0.5) is 30.7 Å². The van der Waals surface area contributed by atoms with Crippen LogP contribution in [0.2, 0.25) is 0 Å². The number of amides is 2. The van der Waals surface area contributed by atoms with E-state index < -0.39 is 65.3 Å². The summed E-state index contributed by atoms with van der Waals surface area (Å²) in [6, 6.07) is 6.15. The van der Waals surface area contributed by atoms with Crippen LogP contribution < -0.4 is 5.32 Å². The summed E-state index contributed by atoms with van der Waals surface area (Å²) in [6.07, 6.45) is -11.8. The number of piperidine rings is 1. The molecule has 2 aromatic carbocycles. The van der Waals surface area contributed by atoms with Crippen molar-refractivity contribution in [2.75, 3.05) is 12.4 Å². The van der Waals surface area contributed by atoms with E-state index in [9.17, 15) is 40.3 Å². The molecule has 0 saturated carbocycles. The van der Waals surface area contributed by atoms with Crippen molar-refractivity contribution in [2.45, 2.75) is 56.3 Å². The maximum absolute atomic E-state index is 13.7. The summed E-state index contributed by atoms with van der Waals surface area (Å²) in [5.74, 6) is -2.69. The molecule has 2 aliphatic heterocycles. The number of carbonyl (C=O) groups excluding carboxylic acids is 2. The van der Waals surface area contributed by atoms with Crippen molar-refractivity contribution < 1.29 is 45.1 Å². The Bertz CT molecular complexity index is 1280. The molecule has 2 amide bonds. The summed E-state index contributed by atoms with van der Waals surface area (Å²) in [6.45, 7) is 5.21. The van der Waals surface area contributed by atoms with Gasteiger partial charge in [0.1, 0.15) is 11.7 Å². The average Bonchev–Trinajstić information content (AvgIpc) is 3.26. The third-order valence-corrected chi connectivity index (χ3v) is 7.73. The summed E-state index contributed by atoms with van der Waals surface area (Å²) in [5, 5.41) is 2.56. The molecule has 4 rings (SSSR count). The molecule has 0 spiro atoms. The molecular formula is C28H26ClF7N2O3. The minimum absolute atomic E-state index is 0.00814. The van der Waals surface area contributed by atoms with E-state index in [0.717, 1.165) is 0 Å². The average molecular weight is 607 g/mol. The fourth-order valence-corrected chi connectivity index (χ4v) is 5.60. The van der Waals surface area contributed by atoms with Gasteiger partial charge in [-0.15, -0.1) is 11.6 Å². The molecule has 1 unspecified atom stereocenters. The van der Waals surface area contributed by atoms with Crippen molar-refractivity contribution in [1.82, 2.24) is 10.2 Å². The first kappa shape index (κ1) is 30.8. The van der Waals surface area contributed by atoms with Crippen molar-refractivity contribution in [3.63, 3.8) is 0 Å². The molecule has 0 bridgehead atoms. The number of ether oxygens (including phenoxy) is 1. The van der Waals surface area contributed by atoms with Gasteiger partial charge in [-0.25, -0.2) is 4.39 Å². The Labute approximate surface area is 236 Å². The Kier molecular flexibility index (Phi) is 8.75. The van der Waals surface area contributed by atoms with Crippen LogP contribution in [0.15, 0.2) is 54.7 Å². The van der Waals surface area contributed by atoms with Gasteiger partial charge in [0.2, 0.25) is 11.8 Å². The van der Waals surface area contributed by atoms with Crippen molar-refractivity contribution >= 4 is 23.4 Å². The van der Waals surface area contributed by atoms with Crippen molar-refractivity contribution in [1.29, 1.82) is 0 Å². The Hall–Kier alpha value is -3.12. The monoisotopic (exact) mass is 606 g/mol. The maximum Gasteiger partial charge on any atom is 0.416 e.